The van der Waals surface area contributed by atoms with Crippen LogP contribution in [0.5, 0.6) is 5.75 Å². The Morgan fingerprint density at radius 1 is 1.29 bits per heavy atom. The SMILES string of the molecule is C=CC(C)c1cc(CC)cc(C(Nc2ccc(C(=N)N)cc2)C(=O)O)c1OCCO.Cl. The highest BCUT2D eigenvalue weighted by molar-refractivity contribution is 5.95. The lowest BCUT2D eigenvalue weighted by Crippen LogP contribution is -2.23. The van der Waals surface area contributed by atoms with Crippen LogP contribution in [0, 0.1) is 5.41 Å². The van der Waals surface area contributed by atoms with Gasteiger partial charge in [-0.3, -0.25) is 5.41 Å². The predicted octanol–water partition coefficient (Wildman–Crippen LogP) is 3.85. The molecule has 0 heterocycles. The van der Waals surface area contributed by atoms with Gasteiger partial charge in [-0.1, -0.05) is 26.0 Å². The van der Waals surface area contributed by atoms with Crippen LogP contribution in [0.4, 0.5) is 5.69 Å². The third-order valence-corrected chi connectivity index (χ3v) is 4.86. The molecule has 0 aliphatic rings. The molecule has 2 aromatic carbocycles. The first-order valence-corrected chi connectivity index (χ1v) is 9.79. The molecular formula is C23H30ClN3O4. The molecule has 31 heavy (non-hydrogen) atoms. The molecule has 0 amide bonds. The Bertz CT molecular complexity index is 916. The topological polar surface area (TPSA) is 129 Å². The smallest absolute Gasteiger partial charge is 0.330 e. The summed E-state index contributed by atoms with van der Waals surface area (Å²) in [5.41, 5.74) is 8.89. The first-order chi connectivity index (χ1) is 14.3. The minimum absolute atomic E-state index is 0. The van der Waals surface area contributed by atoms with Crippen molar-refractivity contribution in [3.05, 3.63) is 71.3 Å². The summed E-state index contributed by atoms with van der Waals surface area (Å²) in [6, 6.07) is 9.39. The summed E-state index contributed by atoms with van der Waals surface area (Å²) in [6.07, 6.45) is 2.50. The van der Waals surface area contributed by atoms with Crippen molar-refractivity contribution >= 4 is 29.9 Å². The van der Waals surface area contributed by atoms with Crippen molar-refractivity contribution in [2.75, 3.05) is 18.5 Å². The second-order valence-electron chi connectivity index (χ2n) is 6.96. The molecule has 0 aliphatic carbocycles. The number of anilines is 1. The number of halogens is 1. The normalized spacial score (nSPS) is 12.2. The number of rotatable bonds is 11. The number of aliphatic carboxylic acids is 1. The van der Waals surface area contributed by atoms with Gasteiger partial charge in [-0.2, -0.15) is 0 Å². The number of ether oxygens (including phenoxy) is 1. The maximum absolute atomic E-state index is 12.2. The van der Waals surface area contributed by atoms with Gasteiger partial charge >= 0.3 is 5.97 Å². The standard InChI is InChI=1S/C23H29N3O4.ClH/c1-4-14(3)18-12-15(5-2)13-19(21(18)30-11-10-27)20(23(28)29)26-17-8-6-16(7-9-17)22(24)25;/h4,6-9,12-14,20,26-27H,1,5,10-11H2,2-3H3,(H3,24,25)(H,28,29);1H. The van der Waals surface area contributed by atoms with Crippen LogP contribution in [-0.2, 0) is 11.2 Å². The van der Waals surface area contributed by atoms with Crippen molar-refractivity contribution in [1.29, 1.82) is 5.41 Å². The third kappa shape index (κ3) is 6.47. The average molecular weight is 448 g/mol. The summed E-state index contributed by atoms with van der Waals surface area (Å²) in [5, 5.41) is 29.8. The molecule has 0 aliphatic heterocycles. The van der Waals surface area contributed by atoms with Crippen molar-refractivity contribution in [3.8, 4) is 5.75 Å². The number of carboxylic acids is 1. The number of aryl methyl sites for hydroxylation is 1. The van der Waals surface area contributed by atoms with E-state index in [0.717, 1.165) is 17.5 Å². The Morgan fingerprint density at radius 3 is 2.39 bits per heavy atom. The van der Waals surface area contributed by atoms with E-state index in [9.17, 15) is 15.0 Å². The molecule has 8 heteroatoms. The summed E-state index contributed by atoms with van der Waals surface area (Å²) in [4.78, 5) is 12.2. The second kappa shape index (κ2) is 12.0. The van der Waals surface area contributed by atoms with Gasteiger partial charge in [0.05, 0.1) is 6.61 Å². The maximum Gasteiger partial charge on any atom is 0.330 e. The largest absolute Gasteiger partial charge is 0.491 e. The lowest BCUT2D eigenvalue weighted by molar-refractivity contribution is -0.138. The van der Waals surface area contributed by atoms with Crippen molar-refractivity contribution in [3.63, 3.8) is 0 Å². The van der Waals surface area contributed by atoms with E-state index < -0.39 is 12.0 Å². The van der Waals surface area contributed by atoms with E-state index in [1.54, 1.807) is 30.3 Å². The fraction of sp³-hybridized carbons (Fsp3) is 0.304. The van der Waals surface area contributed by atoms with Crippen LogP contribution in [0.15, 0.2) is 49.1 Å². The molecular weight excluding hydrogens is 418 g/mol. The highest BCUT2D eigenvalue weighted by atomic mass is 35.5. The number of allylic oxidation sites excluding steroid dienone is 1. The van der Waals surface area contributed by atoms with Crippen molar-refractivity contribution in [1.82, 2.24) is 0 Å². The van der Waals surface area contributed by atoms with E-state index in [4.69, 9.17) is 15.9 Å². The first kappa shape index (κ1) is 26.0. The predicted molar refractivity (Wildman–Crippen MR) is 126 cm³/mol. The molecule has 0 saturated heterocycles. The Labute approximate surface area is 188 Å². The zero-order chi connectivity index (χ0) is 22.3. The van der Waals surface area contributed by atoms with Gasteiger partial charge in [-0.15, -0.1) is 19.0 Å². The summed E-state index contributed by atoms with van der Waals surface area (Å²) >= 11 is 0. The van der Waals surface area contributed by atoms with Crippen LogP contribution in [0.25, 0.3) is 0 Å². The maximum atomic E-state index is 12.2. The Kier molecular flexibility index (Phi) is 10.0. The molecule has 168 valence electrons. The number of carboxylic acid groups (broad SMARTS) is 1. The number of benzene rings is 2. The van der Waals surface area contributed by atoms with Crippen LogP contribution >= 0.6 is 12.4 Å². The zero-order valence-corrected chi connectivity index (χ0v) is 18.5. The van der Waals surface area contributed by atoms with Gasteiger partial charge in [0.2, 0.25) is 0 Å². The monoisotopic (exact) mass is 447 g/mol. The van der Waals surface area contributed by atoms with Crippen molar-refractivity contribution in [2.45, 2.75) is 32.2 Å². The molecule has 0 radical (unpaired) electrons. The lowest BCUT2D eigenvalue weighted by atomic mass is 9.91. The molecule has 2 unspecified atom stereocenters. The number of aliphatic hydroxyl groups is 1. The molecule has 6 N–H and O–H groups in total. The fourth-order valence-electron chi connectivity index (χ4n) is 3.12. The van der Waals surface area contributed by atoms with E-state index in [2.05, 4.69) is 11.9 Å². The zero-order valence-electron chi connectivity index (χ0n) is 17.7. The quantitative estimate of drug-likeness (QED) is 0.202. The highest BCUT2D eigenvalue weighted by Crippen LogP contribution is 2.37. The van der Waals surface area contributed by atoms with E-state index in [1.165, 1.54) is 0 Å². The number of nitrogens with one attached hydrogen (secondary N) is 2. The number of hydrogen-bond acceptors (Lipinski definition) is 5. The molecule has 2 aromatic rings. The molecule has 0 bridgehead atoms. The van der Waals surface area contributed by atoms with Crippen LogP contribution in [0.3, 0.4) is 0 Å². The summed E-state index contributed by atoms with van der Waals surface area (Å²) in [5.74, 6) is -0.748. The fourth-order valence-corrected chi connectivity index (χ4v) is 3.12. The van der Waals surface area contributed by atoms with Crippen LogP contribution < -0.4 is 15.8 Å². The average Bonchev–Trinajstić information content (AvgIpc) is 2.75. The number of hydrogen-bond donors (Lipinski definition) is 5. The van der Waals surface area contributed by atoms with Gasteiger partial charge in [0.1, 0.15) is 18.2 Å². The summed E-state index contributed by atoms with van der Waals surface area (Å²) in [7, 11) is 0. The Balaban J connectivity index is 0.00000480. The van der Waals surface area contributed by atoms with Gasteiger partial charge in [0, 0.05) is 28.3 Å². The Hall–Kier alpha value is -3.03. The van der Waals surface area contributed by atoms with Crippen molar-refractivity contribution in [2.24, 2.45) is 5.73 Å². The van der Waals surface area contributed by atoms with E-state index in [-0.39, 0.29) is 37.4 Å². The molecule has 0 spiro atoms. The van der Waals surface area contributed by atoms with Gasteiger partial charge in [-0.25, -0.2) is 4.79 Å². The van der Waals surface area contributed by atoms with E-state index in [1.807, 2.05) is 26.0 Å². The van der Waals surface area contributed by atoms with Gasteiger partial charge < -0.3 is 26.0 Å². The molecule has 2 rings (SSSR count). The van der Waals surface area contributed by atoms with Gasteiger partial charge in [-0.05, 0) is 42.3 Å². The minimum atomic E-state index is -1.08. The van der Waals surface area contributed by atoms with Crippen molar-refractivity contribution < 1.29 is 19.7 Å². The van der Waals surface area contributed by atoms with Gasteiger partial charge in [0.15, 0.2) is 6.04 Å². The number of aliphatic hydroxyl groups excluding tert-OH is 1. The van der Waals surface area contributed by atoms with E-state index in [0.29, 0.717) is 22.6 Å². The minimum Gasteiger partial charge on any atom is -0.491 e. The first-order valence-electron chi connectivity index (χ1n) is 9.79. The highest BCUT2D eigenvalue weighted by Gasteiger charge is 2.27. The van der Waals surface area contributed by atoms with E-state index >= 15 is 0 Å². The second-order valence-corrected chi connectivity index (χ2v) is 6.96. The molecule has 2 atom stereocenters. The third-order valence-electron chi connectivity index (χ3n) is 4.86. The number of nitrogen functional groups attached to an aromatic ring is 1. The van der Waals surface area contributed by atoms with Crippen LogP contribution in [-0.4, -0.2) is 35.2 Å². The van der Waals surface area contributed by atoms with Crippen LogP contribution in [0.2, 0.25) is 0 Å². The number of amidine groups is 1. The van der Waals surface area contributed by atoms with Gasteiger partial charge in [0.25, 0.3) is 0 Å². The molecule has 7 nitrogen and oxygen atoms in total. The molecule has 0 fully saturated rings. The lowest BCUT2D eigenvalue weighted by Gasteiger charge is -2.24. The number of carbonyl (C=O) groups is 1. The summed E-state index contributed by atoms with van der Waals surface area (Å²) in [6.45, 7) is 7.67. The van der Waals surface area contributed by atoms with Crippen LogP contribution in [0.1, 0.15) is 48.1 Å². The summed E-state index contributed by atoms with van der Waals surface area (Å²) < 4.78 is 5.81. The molecule has 0 aromatic heterocycles. The molecule has 0 saturated carbocycles. The number of nitrogens with two attached hydrogens (primary N) is 1. The Morgan fingerprint density at radius 2 is 1.90 bits per heavy atom.